The van der Waals surface area contributed by atoms with Crippen LogP contribution in [0.15, 0.2) is 47.6 Å². The number of fused-ring (bicyclic) bond motifs is 1. The number of benzene rings is 2. The summed E-state index contributed by atoms with van der Waals surface area (Å²) in [6, 6.07) is 11.6. The molecule has 3 aromatic rings. The van der Waals surface area contributed by atoms with Gasteiger partial charge in [0.15, 0.2) is 22.4 Å². The quantitative estimate of drug-likeness (QED) is 0.179. The number of ketones is 1. The number of ether oxygens (including phenoxy) is 1. The Kier molecular flexibility index (Phi) is 6.10. The van der Waals surface area contributed by atoms with Gasteiger partial charge in [0.25, 0.3) is 0 Å². The number of rotatable bonds is 8. The fraction of sp³-hybridized carbons (Fsp3) is 0.211. The number of anilines is 1. The van der Waals surface area contributed by atoms with Crippen LogP contribution in [-0.2, 0) is 4.74 Å². The first-order valence-corrected chi connectivity index (χ1v) is 9.24. The SMILES string of the molecule is COCCNc1nc(SCC(=O)c2ccc(O)c(O)c2)nc2ccccc12. The molecule has 0 saturated heterocycles. The van der Waals surface area contributed by atoms with E-state index in [4.69, 9.17) is 4.74 Å². The van der Waals surface area contributed by atoms with Crippen molar-refractivity contribution in [2.75, 3.05) is 31.3 Å². The third-order valence-corrected chi connectivity index (χ3v) is 4.66. The smallest absolute Gasteiger partial charge is 0.190 e. The Balaban J connectivity index is 1.77. The van der Waals surface area contributed by atoms with Crippen LogP contribution in [0.4, 0.5) is 5.82 Å². The molecule has 0 aliphatic heterocycles. The van der Waals surface area contributed by atoms with Gasteiger partial charge in [-0.3, -0.25) is 4.79 Å². The maximum atomic E-state index is 12.3. The number of para-hydroxylation sites is 1. The van der Waals surface area contributed by atoms with Gasteiger partial charge in [-0.2, -0.15) is 0 Å². The normalized spacial score (nSPS) is 10.9. The van der Waals surface area contributed by atoms with E-state index in [1.54, 1.807) is 7.11 Å². The van der Waals surface area contributed by atoms with E-state index in [1.807, 2.05) is 24.3 Å². The molecule has 0 saturated carbocycles. The number of aromatic hydroxyl groups is 2. The van der Waals surface area contributed by atoms with E-state index in [2.05, 4.69) is 15.3 Å². The molecule has 0 amide bonds. The lowest BCUT2D eigenvalue weighted by Crippen LogP contribution is -2.10. The summed E-state index contributed by atoms with van der Waals surface area (Å²) in [6.45, 7) is 1.15. The van der Waals surface area contributed by atoms with E-state index in [1.165, 1.54) is 30.0 Å². The van der Waals surface area contributed by atoms with Gasteiger partial charge < -0.3 is 20.3 Å². The lowest BCUT2D eigenvalue weighted by molar-refractivity contribution is 0.102. The monoisotopic (exact) mass is 385 g/mol. The first-order chi connectivity index (χ1) is 13.1. The Hall–Kier alpha value is -2.84. The van der Waals surface area contributed by atoms with E-state index in [-0.39, 0.29) is 23.0 Å². The highest BCUT2D eigenvalue weighted by Crippen LogP contribution is 2.27. The van der Waals surface area contributed by atoms with Crippen LogP contribution in [0.3, 0.4) is 0 Å². The van der Waals surface area contributed by atoms with Crippen molar-refractivity contribution in [1.29, 1.82) is 0 Å². The van der Waals surface area contributed by atoms with Crippen molar-refractivity contribution in [2.45, 2.75) is 5.16 Å². The van der Waals surface area contributed by atoms with Crippen LogP contribution in [0, 0.1) is 0 Å². The Labute approximate surface area is 160 Å². The first-order valence-electron chi connectivity index (χ1n) is 8.26. The molecule has 27 heavy (non-hydrogen) atoms. The largest absolute Gasteiger partial charge is 0.504 e. The fourth-order valence-electron chi connectivity index (χ4n) is 2.44. The van der Waals surface area contributed by atoms with Crippen LogP contribution in [0.5, 0.6) is 11.5 Å². The number of phenolic OH excluding ortho intramolecular Hbond substituents is 2. The van der Waals surface area contributed by atoms with Crippen molar-refractivity contribution in [3.05, 3.63) is 48.0 Å². The van der Waals surface area contributed by atoms with Crippen molar-refractivity contribution < 1.29 is 19.7 Å². The Bertz CT molecular complexity index is 965. The number of hydrogen-bond acceptors (Lipinski definition) is 8. The number of nitrogens with zero attached hydrogens (tertiary/aromatic N) is 2. The molecule has 0 spiro atoms. The molecule has 3 N–H and O–H groups in total. The fourth-order valence-corrected chi connectivity index (χ4v) is 3.18. The summed E-state index contributed by atoms with van der Waals surface area (Å²) >= 11 is 1.21. The summed E-state index contributed by atoms with van der Waals surface area (Å²) in [7, 11) is 1.63. The maximum Gasteiger partial charge on any atom is 0.190 e. The highest BCUT2D eigenvalue weighted by Gasteiger charge is 2.13. The molecule has 1 aromatic heterocycles. The molecule has 1 heterocycles. The Morgan fingerprint density at radius 1 is 1.15 bits per heavy atom. The summed E-state index contributed by atoms with van der Waals surface area (Å²) in [5.41, 5.74) is 1.10. The van der Waals surface area contributed by atoms with Crippen molar-refractivity contribution >= 4 is 34.3 Å². The van der Waals surface area contributed by atoms with Gasteiger partial charge in [0, 0.05) is 24.6 Å². The zero-order valence-electron chi connectivity index (χ0n) is 14.7. The van der Waals surface area contributed by atoms with E-state index in [0.29, 0.717) is 29.7 Å². The number of thioether (sulfide) groups is 1. The van der Waals surface area contributed by atoms with Crippen molar-refractivity contribution in [2.24, 2.45) is 0 Å². The molecular weight excluding hydrogens is 366 g/mol. The summed E-state index contributed by atoms with van der Waals surface area (Å²) in [6.07, 6.45) is 0. The Morgan fingerprint density at radius 3 is 2.74 bits per heavy atom. The molecule has 0 radical (unpaired) electrons. The predicted octanol–water partition coefficient (Wildman–Crippen LogP) is 3.07. The third kappa shape index (κ3) is 4.66. The van der Waals surface area contributed by atoms with Gasteiger partial charge in [-0.25, -0.2) is 9.97 Å². The average Bonchev–Trinajstić information content (AvgIpc) is 2.68. The van der Waals surface area contributed by atoms with E-state index < -0.39 is 0 Å². The number of hydrogen-bond donors (Lipinski definition) is 3. The van der Waals surface area contributed by atoms with Gasteiger partial charge in [-0.05, 0) is 30.3 Å². The maximum absolute atomic E-state index is 12.3. The van der Waals surface area contributed by atoms with Crippen LogP contribution < -0.4 is 5.32 Å². The number of carbonyl (C=O) groups excluding carboxylic acids is 1. The number of nitrogens with one attached hydrogen (secondary N) is 1. The number of methoxy groups -OCH3 is 1. The highest BCUT2D eigenvalue weighted by molar-refractivity contribution is 7.99. The van der Waals surface area contributed by atoms with E-state index in [0.717, 1.165) is 10.9 Å². The van der Waals surface area contributed by atoms with Crippen molar-refractivity contribution in [3.63, 3.8) is 0 Å². The molecule has 0 bridgehead atoms. The molecule has 8 heteroatoms. The van der Waals surface area contributed by atoms with Crippen LogP contribution in [-0.4, -0.2) is 52.0 Å². The summed E-state index contributed by atoms with van der Waals surface area (Å²) < 4.78 is 5.06. The highest BCUT2D eigenvalue weighted by atomic mass is 32.2. The van der Waals surface area contributed by atoms with Crippen LogP contribution in [0.25, 0.3) is 10.9 Å². The molecule has 0 aliphatic carbocycles. The van der Waals surface area contributed by atoms with Crippen molar-refractivity contribution in [1.82, 2.24) is 9.97 Å². The van der Waals surface area contributed by atoms with Gasteiger partial charge >= 0.3 is 0 Å². The number of Topliss-reactive ketones (excluding diaryl/α,β-unsaturated/α-hetero) is 1. The van der Waals surface area contributed by atoms with Crippen molar-refractivity contribution in [3.8, 4) is 11.5 Å². The minimum Gasteiger partial charge on any atom is -0.504 e. The summed E-state index contributed by atoms with van der Waals surface area (Å²) in [5.74, 6) is 0.0252. The number of carbonyl (C=O) groups is 1. The predicted molar refractivity (Wildman–Crippen MR) is 105 cm³/mol. The van der Waals surface area contributed by atoms with Gasteiger partial charge in [0.1, 0.15) is 5.82 Å². The zero-order valence-corrected chi connectivity index (χ0v) is 15.5. The zero-order chi connectivity index (χ0) is 19.2. The minimum atomic E-state index is -0.322. The molecule has 0 fully saturated rings. The Morgan fingerprint density at radius 2 is 1.96 bits per heavy atom. The standard InChI is InChI=1S/C19H19N3O4S/c1-26-9-8-20-18-13-4-2-3-5-14(13)21-19(22-18)27-11-17(25)12-6-7-15(23)16(24)10-12/h2-7,10,23-24H,8-9,11H2,1H3,(H,20,21,22). The average molecular weight is 385 g/mol. The molecule has 0 atom stereocenters. The number of phenols is 2. The van der Waals surface area contributed by atoms with E-state index >= 15 is 0 Å². The van der Waals surface area contributed by atoms with E-state index in [9.17, 15) is 15.0 Å². The van der Waals surface area contributed by atoms with Gasteiger partial charge in [0.2, 0.25) is 0 Å². The topological polar surface area (TPSA) is 105 Å². The second-order valence-electron chi connectivity index (χ2n) is 5.71. The molecule has 3 rings (SSSR count). The molecule has 140 valence electrons. The second kappa shape index (κ2) is 8.70. The third-order valence-electron chi connectivity index (χ3n) is 3.81. The second-order valence-corrected chi connectivity index (χ2v) is 6.65. The number of aromatic nitrogens is 2. The molecule has 2 aromatic carbocycles. The van der Waals surface area contributed by atoms with Gasteiger partial charge in [-0.1, -0.05) is 23.9 Å². The molecule has 0 unspecified atom stereocenters. The van der Waals surface area contributed by atoms with Gasteiger partial charge in [0.05, 0.1) is 17.9 Å². The van der Waals surface area contributed by atoms with Gasteiger partial charge in [-0.15, -0.1) is 0 Å². The minimum absolute atomic E-state index is 0.111. The first kappa shape index (κ1) is 18.9. The lowest BCUT2D eigenvalue weighted by Gasteiger charge is -2.10. The van der Waals surface area contributed by atoms with Crippen LogP contribution in [0.1, 0.15) is 10.4 Å². The lowest BCUT2D eigenvalue weighted by atomic mass is 10.1. The summed E-state index contributed by atoms with van der Waals surface area (Å²) in [5, 5.41) is 23.5. The van der Waals surface area contributed by atoms with Crippen LogP contribution >= 0.6 is 11.8 Å². The molecule has 7 nitrogen and oxygen atoms in total. The van der Waals surface area contributed by atoms with Crippen LogP contribution in [0.2, 0.25) is 0 Å². The summed E-state index contributed by atoms with van der Waals surface area (Å²) in [4.78, 5) is 21.4. The molecule has 0 aliphatic rings. The molecular formula is C19H19N3O4S.